The first-order valence-corrected chi connectivity index (χ1v) is 12.5. The van der Waals surface area contributed by atoms with Crippen molar-refractivity contribution in [2.75, 3.05) is 18.6 Å². The number of ether oxygens (including phenoxy) is 1. The lowest BCUT2D eigenvalue weighted by Gasteiger charge is -2.38. The molecule has 0 spiro atoms. The number of carbonyl (C=O) groups excluding carboxylic acids is 1. The van der Waals surface area contributed by atoms with Crippen LogP contribution in [0.4, 0.5) is 10.7 Å². The summed E-state index contributed by atoms with van der Waals surface area (Å²) in [6, 6.07) is 8.51. The number of para-hydroxylation sites is 1. The maximum atomic E-state index is 13.0. The van der Waals surface area contributed by atoms with E-state index in [4.69, 9.17) is 9.73 Å². The standard InChI is InChI=1S/C27H35N3O2S/c1-9-32-24(31)21-17-16-25(2,3)29-27(6,7)22(17)33-23(21)28-15-14-20-26(4,5)18-12-10-11-13-19(18)30(20)8/h10-15,29H,9,16H2,1-8H3/p+1/b20-14-,28-15?. The summed E-state index contributed by atoms with van der Waals surface area (Å²) >= 11 is 1.62. The summed E-state index contributed by atoms with van der Waals surface area (Å²) in [7, 11) is 2.10. The van der Waals surface area contributed by atoms with Crippen LogP contribution in [-0.2, 0) is 22.1 Å². The van der Waals surface area contributed by atoms with E-state index >= 15 is 0 Å². The van der Waals surface area contributed by atoms with Gasteiger partial charge in [-0.15, -0.1) is 11.3 Å². The smallest absolute Gasteiger partial charge is 0.341 e. The first-order chi connectivity index (χ1) is 15.4. The average Bonchev–Trinajstić information content (AvgIpc) is 3.16. The van der Waals surface area contributed by atoms with E-state index in [0.29, 0.717) is 12.2 Å². The number of rotatable bonds is 4. The van der Waals surface area contributed by atoms with Crippen LogP contribution in [0.2, 0.25) is 0 Å². The van der Waals surface area contributed by atoms with Crippen LogP contribution in [0, 0.1) is 0 Å². The summed E-state index contributed by atoms with van der Waals surface area (Å²) in [5, 5.41) is 3.14. The predicted octanol–water partition coefficient (Wildman–Crippen LogP) is 5.07. The minimum absolute atomic E-state index is 0.00411. The van der Waals surface area contributed by atoms with E-state index in [1.54, 1.807) is 11.3 Å². The minimum Gasteiger partial charge on any atom is -0.462 e. The van der Waals surface area contributed by atoms with Gasteiger partial charge in [-0.05, 0) is 57.9 Å². The van der Waals surface area contributed by atoms with Crippen molar-refractivity contribution in [2.45, 2.75) is 71.4 Å². The number of benzene rings is 1. The van der Waals surface area contributed by atoms with Crippen molar-refractivity contribution in [2.24, 2.45) is 4.99 Å². The number of nitrogens with two attached hydrogens (primary N) is 1. The van der Waals surface area contributed by atoms with Gasteiger partial charge in [-0.3, -0.25) is 0 Å². The van der Waals surface area contributed by atoms with E-state index in [-0.39, 0.29) is 22.5 Å². The summed E-state index contributed by atoms with van der Waals surface area (Å²) in [6.07, 6.45) is 4.74. The van der Waals surface area contributed by atoms with Crippen molar-refractivity contribution in [3.8, 4) is 0 Å². The summed E-state index contributed by atoms with van der Waals surface area (Å²) < 4.78 is 5.46. The molecule has 0 atom stereocenters. The van der Waals surface area contributed by atoms with E-state index < -0.39 is 0 Å². The highest BCUT2D eigenvalue weighted by atomic mass is 32.1. The first-order valence-electron chi connectivity index (χ1n) is 11.7. The number of carbonyl (C=O) groups is 1. The Morgan fingerprint density at radius 2 is 1.91 bits per heavy atom. The lowest BCUT2D eigenvalue weighted by atomic mass is 9.81. The lowest BCUT2D eigenvalue weighted by Crippen LogP contribution is -3.03. The number of fused-ring (bicyclic) bond motifs is 2. The lowest BCUT2D eigenvalue weighted by molar-refractivity contribution is -0.789. The van der Waals surface area contributed by atoms with Crippen molar-refractivity contribution in [3.05, 3.63) is 57.6 Å². The third-order valence-electron chi connectivity index (χ3n) is 6.80. The summed E-state index contributed by atoms with van der Waals surface area (Å²) in [4.78, 5) is 21.3. The Kier molecular flexibility index (Phi) is 5.82. The highest BCUT2D eigenvalue weighted by Crippen LogP contribution is 2.47. The van der Waals surface area contributed by atoms with E-state index in [1.807, 2.05) is 13.1 Å². The van der Waals surface area contributed by atoms with Crippen LogP contribution in [0.3, 0.4) is 0 Å². The van der Waals surface area contributed by atoms with Gasteiger partial charge in [-0.2, -0.15) is 0 Å². The fraction of sp³-hybridized carbons (Fsp3) is 0.481. The molecule has 3 heterocycles. The Hall–Kier alpha value is -2.44. The molecule has 0 saturated heterocycles. The molecule has 6 heteroatoms. The number of anilines is 1. The van der Waals surface area contributed by atoms with Crippen molar-refractivity contribution in [1.82, 2.24) is 0 Å². The molecular weight excluding hydrogens is 430 g/mol. The Morgan fingerprint density at radius 1 is 1.21 bits per heavy atom. The number of quaternary nitrogens is 1. The van der Waals surface area contributed by atoms with Gasteiger partial charge in [-0.1, -0.05) is 32.0 Å². The van der Waals surface area contributed by atoms with Gasteiger partial charge in [0.15, 0.2) is 0 Å². The van der Waals surface area contributed by atoms with Crippen molar-refractivity contribution < 1.29 is 14.8 Å². The molecule has 0 saturated carbocycles. The van der Waals surface area contributed by atoms with E-state index in [0.717, 1.165) is 17.0 Å². The zero-order chi connectivity index (χ0) is 24.2. The van der Waals surface area contributed by atoms with Crippen molar-refractivity contribution in [1.29, 1.82) is 0 Å². The van der Waals surface area contributed by atoms with Crippen LogP contribution in [0.5, 0.6) is 0 Å². The fourth-order valence-electron chi connectivity index (χ4n) is 5.67. The van der Waals surface area contributed by atoms with Gasteiger partial charge in [-0.25, -0.2) is 9.79 Å². The topological polar surface area (TPSA) is 58.5 Å². The highest BCUT2D eigenvalue weighted by Gasteiger charge is 2.45. The van der Waals surface area contributed by atoms with Gasteiger partial charge in [0.05, 0.1) is 17.0 Å². The second-order valence-corrected chi connectivity index (χ2v) is 11.9. The Labute approximate surface area is 201 Å². The zero-order valence-corrected chi connectivity index (χ0v) is 21.9. The quantitative estimate of drug-likeness (QED) is 0.505. The van der Waals surface area contributed by atoms with Gasteiger partial charge in [0.1, 0.15) is 16.1 Å². The molecule has 0 radical (unpaired) electrons. The Bertz CT molecular complexity index is 1150. The molecule has 0 aliphatic carbocycles. The molecule has 176 valence electrons. The summed E-state index contributed by atoms with van der Waals surface area (Å²) in [6.45, 7) is 15.6. The van der Waals surface area contributed by atoms with Crippen molar-refractivity contribution >= 4 is 34.2 Å². The third kappa shape index (κ3) is 4.04. The highest BCUT2D eigenvalue weighted by molar-refractivity contribution is 7.16. The largest absolute Gasteiger partial charge is 0.462 e. The molecule has 2 aliphatic rings. The normalized spacial score (nSPS) is 21.3. The number of hydrogen-bond donors (Lipinski definition) is 1. The van der Waals surface area contributed by atoms with Crippen LogP contribution < -0.4 is 10.2 Å². The van der Waals surface area contributed by atoms with E-state index in [2.05, 4.69) is 89.1 Å². The van der Waals surface area contributed by atoms with Gasteiger partial charge in [0, 0.05) is 36.5 Å². The van der Waals surface area contributed by atoms with Gasteiger partial charge in [0.2, 0.25) is 0 Å². The number of nitrogens with zero attached hydrogens (tertiary/aromatic N) is 2. The molecule has 0 bridgehead atoms. The zero-order valence-electron chi connectivity index (χ0n) is 21.1. The van der Waals surface area contributed by atoms with Crippen molar-refractivity contribution in [3.63, 3.8) is 0 Å². The second-order valence-electron chi connectivity index (χ2n) is 10.9. The number of aliphatic imine (C=N–C) groups is 1. The monoisotopic (exact) mass is 466 g/mol. The Balaban J connectivity index is 1.76. The molecule has 0 fully saturated rings. The SMILES string of the molecule is CCOC(=O)c1c(N=C/C=C2\N(C)c3ccccc3C2(C)C)sc2c1CC(C)(C)[NH2+]C2(C)C. The molecule has 33 heavy (non-hydrogen) atoms. The van der Waals surface area contributed by atoms with Gasteiger partial charge in [0.25, 0.3) is 0 Å². The van der Waals surface area contributed by atoms with Crippen LogP contribution >= 0.6 is 11.3 Å². The number of hydrogen-bond acceptors (Lipinski definition) is 5. The molecule has 2 aromatic rings. The average molecular weight is 467 g/mol. The minimum atomic E-state index is -0.269. The molecule has 2 aliphatic heterocycles. The third-order valence-corrected chi connectivity index (χ3v) is 8.28. The molecule has 1 aromatic carbocycles. The van der Waals surface area contributed by atoms with Crippen LogP contribution in [0.15, 0.2) is 41.0 Å². The molecule has 5 nitrogen and oxygen atoms in total. The molecule has 0 unspecified atom stereocenters. The van der Waals surface area contributed by atoms with Gasteiger partial charge < -0.3 is 15.0 Å². The van der Waals surface area contributed by atoms with Crippen LogP contribution in [0.25, 0.3) is 0 Å². The molecular formula is C27H36N3O2S+. The number of thiophene rings is 1. The maximum absolute atomic E-state index is 13.0. The first kappa shape index (κ1) is 23.7. The Morgan fingerprint density at radius 3 is 2.58 bits per heavy atom. The fourth-order valence-corrected chi connectivity index (χ4v) is 6.91. The number of esters is 1. The van der Waals surface area contributed by atoms with Crippen LogP contribution in [0.1, 0.15) is 74.8 Å². The molecule has 2 N–H and O–H groups in total. The van der Waals surface area contributed by atoms with E-state index in [9.17, 15) is 4.79 Å². The van der Waals surface area contributed by atoms with Gasteiger partial charge >= 0.3 is 5.97 Å². The molecule has 4 rings (SSSR count). The predicted molar refractivity (Wildman–Crippen MR) is 137 cm³/mol. The number of allylic oxidation sites excluding steroid dienone is 2. The maximum Gasteiger partial charge on any atom is 0.341 e. The molecule has 0 amide bonds. The second kappa shape index (κ2) is 8.10. The van der Waals surface area contributed by atoms with Crippen LogP contribution in [-0.4, -0.2) is 31.4 Å². The number of likely N-dealkylation sites (N-methyl/N-ethyl adjacent to an activating group) is 1. The van der Waals surface area contributed by atoms with E-state index in [1.165, 1.54) is 21.8 Å². The molecule has 1 aromatic heterocycles. The summed E-state index contributed by atoms with van der Waals surface area (Å²) in [5.74, 6) is -0.269. The summed E-state index contributed by atoms with van der Waals surface area (Å²) in [5.41, 5.74) is 5.22.